The highest BCUT2D eigenvalue weighted by molar-refractivity contribution is 5.76. The molecule has 20 nitrogen and oxygen atoms in total. The zero-order valence-electron chi connectivity index (χ0n) is 40.0. The van der Waals surface area contributed by atoms with E-state index in [9.17, 15) is 71.2 Å². The van der Waals surface area contributed by atoms with E-state index in [0.717, 1.165) is 25.7 Å². The van der Waals surface area contributed by atoms with Gasteiger partial charge in [-0.25, -0.2) is 0 Å². The van der Waals surface area contributed by atoms with Crippen LogP contribution in [0.15, 0.2) is 11.6 Å². The summed E-state index contributed by atoms with van der Waals surface area (Å²) in [6.07, 6.45) is -20.6. The second-order valence-electron chi connectivity index (χ2n) is 23.5. The average molecular weight is 975 g/mol. The molecule has 3 heterocycles. The van der Waals surface area contributed by atoms with Gasteiger partial charge in [-0.15, -0.1) is 0 Å². The molecule has 390 valence electrons. The van der Waals surface area contributed by atoms with Gasteiger partial charge in [0.2, 0.25) is 0 Å². The Morgan fingerprint density at radius 2 is 1.13 bits per heavy atom. The molecule has 0 bridgehead atoms. The standard InChI is InChI=1S/C48H78O20/c1-43(2)11-13-48(42(61)62)14-12-46(5)21(22(48)15-43)7-8-28-44(3)16-23(53)38(45(4,20-52)27(44)9-10-47(28,46)6)68-41-35(60)37(31(56)26(19-51)65-41)67-40-34(59)36(30(55)25(18-50)64-40)66-39-33(58)32(57)29(54)24(17-49)63-39/h7,22-41,49-60H,8-20H2,1-6H3,(H,61,62). The molecule has 7 fully saturated rings. The molecule has 13 N–H and O–H groups in total. The number of rotatable bonds is 11. The lowest BCUT2D eigenvalue weighted by Gasteiger charge is -2.71. The van der Waals surface area contributed by atoms with Crippen molar-refractivity contribution >= 4 is 5.97 Å². The molecule has 25 unspecified atom stereocenters. The van der Waals surface area contributed by atoms with E-state index in [-0.39, 0.29) is 40.4 Å². The van der Waals surface area contributed by atoms with Gasteiger partial charge in [0, 0.05) is 5.41 Å². The maximum Gasteiger partial charge on any atom is 0.310 e. The van der Waals surface area contributed by atoms with Crippen molar-refractivity contribution in [3.63, 3.8) is 0 Å². The maximum atomic E-state index is 13.1. The van der Waals surface area contributed by atoms with Crippen molar-refractivity contribution in [2.24, 2.45) is 50.2 Å². The Kier molecular flexibility index (Phi) is 14.6. The molecule has 0 aromatic rings. The molecule has 0 aromatic heterocycles. The largest absolute Gasteiger partial charge is 0.481 e. The maximum absolute atomic E-state index is 13.1. The van der Waals surface area contributed by atoms with Crippen molar-refractivity contribution in [1.82, 2.24) is 0 Å². The molecule has 3 saturated heterocycles. The lowest BCUT2D eigenvalue weighted by molar-refractivity contribution is -0.388. The molecule has 5 aliphatic carbocycles. The second kappa shape index (κ2) is 18.8. The summed E-state index contributed by atoms with van der Waals surface area (Å²) in [7, 11) is 0. The van der Waals surface area contributed by atoms with Gasteiger partial charge in [-0.2, -0.15) is 0 Å². The second-order valence-corrected chi connectivity index (χ2v) is 23.5. The number of hydrogen-bond acceptors (Lipinski definition) is 19. The summed E-state index contributed by atoms with van der Waals surface area (Å²) >= 11 is 0. The molecule has 8 rings (SSSR count). The summed E-state index contributed by atoms with van der Waals surface area (Å²) in [4.78, 5) is 13.1. The lowest BCUT2D eigenvalue weighted by atomic mass is 9.33. The number of aliphatic hydroxyl groups excluding tert-OH is 12. The highest BCUT2D eigenvalue weighted by Crippen LogP contribution is 2.76. The van der Waals surface area contributed by atoms with Crippen LogP contribution in [0.4, 0.5) is 0 Å². The number of aliphatic hydroxyl groups is 12. The highest BCUT2D eigenvalue weighted by atomic mass is 16.8. The number of allylic oxidation sites excluding steroid dienone is 2. The van der Waals surface area contributed by atoms with E-state index in [1.165, 1.54) is 5.57 Å². The predicted molar refractivity (Wildman–Crippen MR) is 233 cm³/mol. The van der Waals surface area contributed by atoms with Crippen LogP contribution in [0.3, 0.4) is 0 Å². The molecule has 0 spiro atoms. The molecule has 25 atom stereocenters. The highest BCUT2D eigenvalue weighted by Gasteiger charge is 2.71. The minimum atomic E-state index is -2.02. The van der Waals surface area contributed by atoms with Crippen LogP contribution >= 0.6 is 0 Å². The first-order chi connectivity index (χ1) is 31.8. The molecule has 0 radical (unpaired) electrons. The number of carbonyl (C=O) groups is 1. The fourth-order valence-corrected chi connectivity index (χ4v) is 15.3. The van der Waals surface area contributed by atoms with Crippen LogP contribution < -0.4 is 0 Å². The zero-order chi connectivity index (χ0) is 49.8. The Morgan fingerprint density at radius 1 is 0.618 bits per heavy atom. The number of carboxylic acids is 1. The molecule has 0 amide bonds. The van der Waals surface area contributed by atoms with E-state index in [1.807, 2.05) is 6.92 Å². The van der Waals surface area contributed by atoms with Gasteiger partial charge in [-0.3, -0.25) is 4.79 Å². The molecule has 68 heavy (non-hydrogen) atoms. The summed E-state index contributed by atoms with van der Waals surface area (Å²) in [6, 6.07) is 0. The van der Waals surface area contributed by atoms with Crippen LogP contribution in [0.2, 0.25) is 0 Å². The van der Waals surface area contributed by atoms with Gasteiger partial charge in [0.05, 0.1) is 44.1 Å². The number of ether oxygens (including phenoxy) is 6. The third kappa shape index (κ3) is 8.07. The van der Waals surface area contributed by atoms with E-state index >= 15 is 0 Å². The molecule has 4 saturated carbocycles. The summed E-state index contributed by atoms with van der Waals surface area (Å²) < 4.78 is 35.2. The Bertz CT molecular complexity index is 1850. The predicted octanol–water partition coefficient (Wildman–Crippen LogP) is -1.35. The fourth-order valence-electron chi connectivity index (χ4n) is 15.3. The van der Waals surface area contributed by atoms with Gasteiger partial charge in [-0.05, 0) is 97.2 Å². The van der Waals surface area contributed by atoms with E-state index < -0.39 is 153 Å². The topological polar surface area (TPSA) is 335 Å². The Hall–Kier alpha value is -1.51. The molecule has 8 aliphatic rings. The normalized spacial score (nSPS) is 54.6. The smallest absolute Gasteiger partial charge is 0.310 e. The van der Waals surface area contributed by atoms with Crippen LogP contribution in [-0.4, -0.2) is 203 Å². The van der Waals surface area contributed by atoms with Crippen LogP contribution in [0, 0.1) is 50.2 Å². The van der Waals surface area contributed by atoms with E-state index in [1.54, 1.807) is 0 Å². The van der Waals surface area contributed by atoms with Gasteiger partial charge in [0.15, 0.2) is 18.9 Å². The lowest BCUT2D eigenvalue weighted by Crippen LogP contribution is -2.70. The third-order valence-corrected chi connectivity index (χ3v) is 19.5. The summed E-state index contributed by atoms with van der Waals surface area (Å²) in [5.41, 5.74) is -1.79. The van der Waals surface area contributed by atoms with Gasteiger partial charge >= 0.3 is 5.97 Å². The number of aliphatic carboxylic acids is 1. The summed E-state index contributed by atoms with van der Waals surface area (Å²) in [5, 5.41) is 142. The van der Waals surface area contributed by atoms with Gasteiger partial charge < -0.3 is 94.8 Å². The SMILES string of the molecule is CC1(C)CCC2(C(=O)O)CCC3(C)C(=CCC4C5(C)CC(O)C(OC6OC(CO)C(O)C(OC7OC(CO)C(O)C(OC8OC(CO)C(O)C(O)C8O)C7O)C6O)C(C)(CO)C5CCC43C)C2C1. The zero-order valence-corrected chi connectivity index (χ0v) is 40.0. The van der Waals surface area contributed by atoms with Crippen molar-refractivity contribution in [1.29, 1.82) is 0 Å². The molecular formula is C48H78O20. The Morgan fingerprint density at radius 3 is 1.66 bits per heavy atom. The average Bonchev–Trinajstić information content (AvgIpc) is 3.28. The van der Waals surface area contributed by atoms with Crippen LogP contribution in [0.1, 0.15) is 99.3 Å². The van der Waals surface area contributed by atoms with Crippen LogP contribution in [0.25, 0.3) is 0 Å². The quantitative estimate of drug-likeness (QED) is 0.0841. The van der Waals surface area contributed by atoms with Crippen molar-refractivity contribution in [3.05, 3.63) is 11.6 Å². The monoisotopic (exact) mass is 975 g/mol. The first-order valence-electron chi connectivity index (χ1n) is 24.6. The van der Waals surface area contributed by atoms with Gasteiger partial charge in [0.1, 0.15) is 73.2 Å². The first kappa shape index (κ1) is 52.8. The first-order valence-corrected chi connectivity index (χ1v) is 24.6. The van der Waals surface area contributed by atoms with E-state index in [4.69, 9.17) is 28.4 Å². The number of hydrogen-bond donors (Lipinski definition) is 13. The molecule has 3 aliphatic heterocycles. The summed E-state index contributed by atoms with van der Waals surface area (Å²) in [6.45, 7) is 10.2. The summed E-state index contributed by atoms with van der Waals surface area (Å²) in [5.74, 6) is -0.975. The molecule has 20 heteroatoms. The minimum absolute atomic E-state index is 0.00217. The van der Waals surface area contributed by atoms with Crippen molar-refractivity contribution in [3.8, 4) is 0 Å². The van der Waals surface area contributed by atoms with Crippen LogP contribution in [-0.2, 0) is 33.2 Å². The number of fused-ring (bicyclic) bond motifs is 7. The Labute approximate surface area is 396 Å². The van der Waals surface area contributed by atoms with Crippen molar-refractivity contribution in [2.75, 3.05) is 26.4 Å². The molecular weight excluding hydrogens is 897 g/mol. The van der Waals surface area contributed by atoms with Gasteiger partial charge in [0.25, 0.3) is 0 Å². The van der Waals surface area contributed by atoms with E-state index in [0.29, 0.717) is 25.7 Å². The fraction of sp³-hybridized carbons (Fsp3) is 0.938. The third-order valence-electron chi connectivity index (χ3n) is 19.5. The minimum Gasteiger partial charge on any atom is -0.481 e. The van der Waals surface area contributed by atoms with Crippen molar-refractivity contribution < 1.29 is 99.6 Å². The van der Waals surface area contributed by atoms with Gasteiger partial charge in [-0.1, -0.05) is 53.2 Å². The molecule has 0 aromatic carbocycles. The van der Waals surface area contributed by atoms with Crippen molar-refractivity contribution in [2.45, 2.75) is 204 Å². The van der Waals surface area contributed by atoms with E-state index in [2.05, 4.69) is 40.7 Å². The van der Waals surface area contributed by atoms with Crippen LogP contribution in [0.5, 0.6) is 0 Å². The number of carboxylic acid groups (broad SMARTS) is 1. The Balaban J connectivity index is 1.03.